The van der Waals surface area contributed by atoms with Gasteiger partial charge in [0.2, 0.25) is 0 Å². The molecule has 2 aliphatic heterocycles. The minimum absolute atomic E-state index is 0.461. The van der Waals surface area contributed by atoms with Gasteiger partial charge in [0.1, 0.15) is 0 Å². The smallest absolute Gasteiger partial charge is 0.0734 e. The fourth-order valence-corrected chi connectivity index (χ4v) is 4.80. The second kappa shape index (κ2) is 5.14. The summed E-state index contributed by atoms with van der Waals surface area (Å²) in [5.41, 5.74) is 1.36. The maximum atomic E-state index is 6.24. The van der Waals surface area contributed by atoms with Crippen LogP contribution in [-0.2, 0) is 11.3 Å². The number of piperidine rings is 1. The van der Waals surface area contributed by atoms with E-state index in [0.29, 0.717) is 6.10 Å². The van der Waals surface area contributed by atoms with Gasteiger partial charge in [-0.1, -0.05) is 18.2 Å². The van der Waals surface area contributed by atoms with Crippen molar-refractivity contribution < 1.29 is 4.74 Å². The van der Waals surface area contributed by atoms with Gasteiger partial charge in [-0.2, -0.15) is 0 Å². The first-order valence-corrected chi connectivity index (χ1v) is 8.48. The van der Waals surface area contributed by atoms with Crippen LogP contribution in [0.15, 0.2) is 29.6 Å². The van der Waals surface area contributed by atoms with Crippen LogP contribution >= 0.6 is 11.3 Å². The van der Waals surface area contributed by atoms with Crippen molar-refractivity contribution in [3.63, 3.8) is 0 Å². The standard InChI is InChI=1S/C17H21NOS/c1-18-13-6-7-14(18)9-15(8-13)19-10-12-11-20-17-5-3-2-4-16(12)17/h2-5,11,13-15H,6-10H2,1H3/t13-,14+,15+. The summed E-state index contributed by atoms with van der Waals surface area (Å²) in [5.74, 6) is 0. The molecule has 2 saturated heterocycles. The van der Waals surface area contributed by atoms with E-state index >= 15 is 0 Å². The van der Waals surface area contributed by atoms with Crippen LogP contribution in [0.3, 0.4) is 0 Å². The second-order valence-electron chi connectivity index (χ2n) is 6.21. The molecule has 2 aliphatic rings. The first-order chi connectivity index (χ1) is 9.81. The Hall–Kier alpha value is -0.900. The van der Waals surface area contributed by atoms with Crippen molar-refractivity contribution in [2.75, 3.05) is 7.05 Å². The summed E-state index contributed by atoms with van der Waals surface area (Å²) < 4.78 is 7.61. The van der Waals surface area contributed by atoms with Crippen molar-refractivity contribution in [1.82, 2.24) is 4.90 Å². The van der Waals surface area contributed by atoms with Crippen molar-refractivity contribution >= 4 is 21.4 Å². The molecule has 4 rings (SSSR count). The highest BCUT2D eigenvalue weighted by Crippen LogP contribution is 2.36. The topological polar surface area (TPSA) is 12.5 Å². The molecule has 2 nitrogen and oxygen atoms in total. The minimum atomic E-state index is 0.461. The van der Waals surface area contributed by atoms with E-state index in [4.69, 9.17) is 4.74 Å². The molecule has 0 spiro atoms. The number of nitrogens with zero attached hydrogens (tertiary/aromatic N) is 1. The van der Waals surface area contributed by atoms with Crippen LogP contribution in [0.4, 0.5) is 0 Å². The maximum absolute atomic E-state index is 6.24. The lowest BCUT2D eigenvalue weighted by atomic mass is 10.0. The molecule has 0 amide bonds. The van der Waals surface area contributed by atoms with Gasteiger partial charge in [0.05, 0.1) is 12.7 Å². The Bertz CT molecular complexity index is 594. The van der Waals surface area contributed by atoms with Gasteiger partial charge in [0, 0.05) is 16.8 Å². The molecule has 0 saturated carbocycles. The maximum Gasteiger partial charge on any atom is 0.0734 e. The minimum Gasteiger partial charge on any atom is -0.373 e. The zero-order chi connectivity index (χ0) is 13.5. The van der Waals surface area contributed by atoms with Gasteiger partial charge in [0.15, 0.2) is 0 Å². The van der Waals surface area contributed by atoms with Gasteiger partial charge in [-0.3, -0.25) is 0 Å². The van der Waals surface area contributed by atoms with E-state index in [1.54, 1.807) is 0 Å². The highest BCUT2D eigenvalue weighted by Gasteiger charge is 2.38. The molecule has 1 aromatic heterocycles. The molecule has 2 bridgehead atoms. The molecule has 2 aromatic rings. The van der Waals surface area contributed by atoms with Crippen LogP contribution < -0.4 is 0 Å². The van der Waals surface area contributed by atoms with Gasteiger partial charge >= 0.3 is 0 Å². The van der Waals surface area contributed by atoms with Crippen LogP contribution in [0.2, 0.25) is 0 Å². The zero-order valence-corrected chi connectivity index (χ0v) is 12.7. The Labute approximate surface area is 124 Å². The molecule has 0 radical (unpaired) electrons. The summed E-state index contributed by atoms with van der Waals surface area (Å²) in [6.45, 7) is 0.776. The van der Waals surface area contributed by atoms with Crippen LogP contribution in [0.5, 0.6) is 0 Å². The molecule has 3 atom stereocenters. The largest absolute Gasteiger partial charge is 0.373 e. The van der Waals surface area contributed by atoms with E-state index in [9.17, 15) is 0 Å². The fourth-order valence-electron chi connectivity index (χ4n) is 3.85. The van der Waals surface area contributed by atoms with Gasteiger partial charge < -0.3 is 9.64 Å². The fraction of sp³-hybridized carbons (Fsp3) is 0.529. The lowest BCUT2D eigenvalue weighted by Gasteiger charge is -2.36. The normalized spacial score (nSPS) is 30.1. The van der Waals surface area contributed by atoms with Gasteiger partial charge in [-0.15, -0.1) is 11.3 Å². The molecule has 2 fully saturated rings. The monoisotopic (exact) mass is 287 g/mol. The summed E-state index contributed by atoms with van der Waals surface area (Å²) in [7, 11) is 2.28. The Morgan fingerprint density at radius 2 is 1.95 bits per heavy atom. The SMILES string of the molecule is CN1[C@@H]2CC[C@H]1C[C@@H](OCc1csc3ccccc13)C2. The molecule has 0 N–H and O–H groups in total. The summed E-state index contributed by atoms with van der Waals surface area (Å²) in [6, 6.07) is 10.2. The average Bonchev–Trinajstić information content (AvgIpc) is 2.95. The lowest BCUT2D eigenvalue weighted by Crippen LogP contribution is -2.42. The molecule has 20 heavy (non-hydrogen) atoms. The van der Waals surface area contributed by atoms with Crippen LogP contribution in [-0.4, -0.2) is 30.1 Å². The molecule has 106 valence electrons. The van der Waals surface area contributed by atoms with Crippen molar-refractivity contribution in [3.8, 4) is 0 Å². The number of benzene rings is 1. The third kappa shape index (κ3) is 2.18. The predicted molar refractivity (Wildman–Crippen MR) is 84.2 cm³/mol. The second-order valence-corrected chi connectivity index (χ2v) is 7.12. The molecule has 0 aliphatic carbocycles. The van der Waals surface area contributed by atoms with Crippen molar-refractivity contribution in [2.45, 2.75) is 50.5 Å². The quantitative estimate of drug-likeness (QED) is 0.844. The van der Waals surface area contributed by atoms with Gasteiger partial charge in [-0.25, -0.2) is 0 Å². The van der Waals surface area contributed by atoms with Crippen LogP contribution in [0.1, 0.15) is 31.2 Å². The van der Waals surface area contributed by atoms with E-state index < -0.39 is 0 Å². The van der Waals surface area contributed by atoms with Crippen LogP contribution in [0.25, 0.3) is 10.1 Å². The average molecular weight is 287 g/mol. The molecular weight excluding hydrogens is 266 g/mol. The van der Waals surface area contributed by atoms with Crippen molar-refractivity contribution in [3.05, 3.63) is 35.2 Å². The Morgan fingerprint density at radius 1 is 1.20 bits per heavy atom. The molecule has 3 heteroatoms. The van der Waals surface area contributed by atoms with E-state index in [0.717, 1.165) is 18.7 Å². The molecule has 0 unspecified atom stereocenters. The third-order valence-corrected chi connectivity index (χ3v) is 6.10. The van der Waals surface area contributed by atoms with Crippen molar-refractivity contribution in [2.24, 2.45) is 0 Å². The molecule has 1 aromatic carbocycles. The summed E-state index contributed by atoms with van der Waals surface area (Å²) in [4.78, 5) is 2.57. The highest BCUT2D eigenvalue weighted by molar-refractivity contribution is 7.17. The zero-order valence-electron chi connectivity index (χ0n) is 11.9. The van der Waals surface area contributed by atoms with E-state index in [-0.39, 0.29) is 0 Å². The lowest BCUT2D eigenvalue weighted by molar-refractivity contribution is -0.0206. The highest BCUT2D eigenvalue weighted by atomic mass is 32.1. The van der Waals surface area contributed by atoms with Gasteiger partial charge in [0.25, 0.3) is 0 Å². The van der Waals surface area contributed by atoms with E-state index in [1.807, 2.05) is 11.3 Å². The number of thiophene rings is 1. The van der Waals surface area contributed by atoms with E-state index in [1.165, 1.54) is 41.3 Å². The predicted octanol–water partition coefficient (Wildman–Crippen LogP) is 4.04. The first kappa shape index (κ1) is 12.8. The summed E-state index contributed by atoms with van der Waals surface area (Å²) >= 11 is 1.83. The number of fused-ring (bicyclic) bond motifs is 3. The Balaban J connectivity index is 1.44. The Kier molecular flexibility index (Phi) is 3.29. The molecular formula is C17H21NOS. The molecule has 3 heterocycles. The van der Waals surface area contributed by atoms with Gasteiger partial charge in [-0.05, 0) is 55.1 Å². The number of hydrogen-bond acceptors (Lipinski definition) is 3. The van der Waals surface area contributed by atoms with Crippen LogP contribution in [0, 0.1) is 0 Å². The third-order valence-electron chi connectivity index (χ3n) is 5.09. The van der Waals surface area contributed by atoms with E-state index in [2.05, 4.69) is 41.6 Å². The first-order valence-electron chi connectivity index (χ1n) is 7.60. The number of hydrogen-bond donors (Lipinski definition) is 0. The Morgan fingerprint density at radius 3 is 2.75 bits per heavy atom. The number of rotatable bonds is 3. The summed E-state index contributed by atoms with van der Waals surface area (Å²) in [6.07, 6.45) is 5.62. The van der Waals surface area contributed by atoms with Crippen molar-refractivity contribution in [1.29, 1.82) is 0 Å². The number of ether oxygens (including phenoxy) is 1. The summed E-state index contributed by atoms with van der Waals surface area (Å²) in [5, 5.41) is 3.63.